The molecule has 8 nitrogen and oxygen atoms in total. The van der Waals surface area contributed by atoms with Crippen LogP contribution in [0.3, 0.4) is 0 Å². The number of nitrogens with zero attached hydrogens (tertiary/aromatic N) is 5. The van der Waals surface area contributed by atoms with Crippen molar-refractivity contribution in [2.75, 3.05) is 19.0 Å². The minimum Gasteiger partial charge on any atom is -0.493 e. The molecular formula is C22H16ClFN6O2. The minimum atomic E-state index is -0.311. The van der Waals surface area contributed by atoms with Gasteiger partial charge < -0.3 is 14.8 Å². The summed E-state index contributed by atoms with van der Waals surface area (Å²) in [6.45, 7) is 0.734. The predicted molar refractivity (Wildman–Crippen MR) is 115 cm³/mol. The molecule has 0 spiro atoms. The highest BCUT2D eigenvalue weighted by Gasteiger charge is 2.21. The van der Waals surface area contributed by atoms with Crippen LogP contribution in [0.15, 0.2) is 36.8 Å². The zero-order chi connectivity index (χ0) is 22.2. The number of ether oxygens (including phenoxy) is 2. The van der Waals surface area contributed by atoms with Crippen molar-refractivity contribution in [3.63, 3.8) is 0 Å². The van der Waals surface area contributed by atoms with Crippen molar-refractivity contribution in [3.05, 3.63) is 64.5 Å². The van der Waals surface area contributed by atoms with E-state index in [1.165, 1.54) is 13.2 Å². The van der Waals surface area contributed by atoms with Gasteiger partial charge in [-0.1, -0.05) is 11.6 Å². The van der Waals surface area contributed by atoms with Gasteiger partial charge in [-0.2, -0.15) is 5.26 Å². The summed E-state index contributed by atoms with van der Waals surface area (Å²) in [5.74, 6) is 1.18. The van der Waals surface area contributed by atoms with E-state index in [-0.39, 0.29) is 18.1 Å². The first-order valence-electron chi connectivity index (χ1n) is 9.74. The van der Waals surface area contributed by atoms with Gasteiger partial charge in [0.25, 0.3) is 0 Å². The number of fused-ring (bicyclic) bond motifs is 2. The van der Waals surface area contributed by atoms with Crippen LogP contribution in [-0.2, 0) is 13.0 Å². The quantitative estimate of drug-likeness (QED) is 0.490. The second-order valence-electron chi connectivity index (χ2n) is 7.09. The minimum absolute atomic E-state index is 0.199. The SMILES string of the molecule is COc1cc(Cl)c(-c2cnc(NCc3c(F)ccc4c3CCO4)n3cc(C#N)nc23)cn1. The Labute approximate surface area is 187 Å². The molecule has 1 aliphatic rings. The number of anilines is 1. The Kier molecular flexibility index (Phi) is 4.99. The van der Waals surface area contributed by atoms with Crippen molar-refractivity contribution in [1.82, 2.24) is 19.4 Å². The molecule has 32 heavy (non-hydrogen) atoms. The number of hydrogen-bond donors (Lipinski definition) is 1. The molecule has 0 saturated heterocycles. The molecule has 0 unspecified atom stereocenters. The van der Waals surface area contributed by atoms with Crippen molar-refractivity contribution in [2.24, 2.45) is 0 Å². The second-order valence-corrected chi connectivity index (χ2v) is 7.50. The molecule has 160 valence electrons. The monoisotopic (exact) mass is 450 g/mol. The van der Waals surface area contributed by atoms with Crippen molar-refractivity contribution < 1.29 is 13.9 Å². The van der Waals surface area contributed by atoms with Crippen LogP contribution < -0.4 is 14.8 Å². The van der Waals surface area contributed by atoms with Gasteiger partial charge in [0.2, 0.25) is 11.8 Å². The largest absolute Gasteiger partial charge is 0.493 e. The van der Waals surface area contributed by atoms with E-state index in [0.717, 1.165) is 5.56 Å². The van der Waals surface area contributed by atoms with Crippen LogP contribution >= 0.6 is 11.6 Å². The molecule has 4 aromatic rings. The first-order chi connectivity index (χ1) is 15.6. The highest BCUT2D eigenvalue weighted by molar-refractivity contribution is 6.33. The fraction of sp³-hybridized carbons (Fsp3) is 0.182. The first kappa shape index (κ1) is 20.0. The standard InChI is InChI=1S/C22H16ClFN6O2/c1-31-20-6-17(23)14(8-26-20)16-10-28-22(30-11-12(7-25)29-21(16)30)27-9-15-13-4-5-32-19(13)3-2-18(15)24/h2-3,6,8,10-11H,4-5,9H2,1H3,(H,27,28). The third-order valence-electron chi connectivity index (χ3n) is 5.30. The first-order valence-corrected chi connectivity index (χ1v) is 10.1. The van der Waals surface area contributed by atoms with E-state index < -0.39 is 0 Å². The van der Waals surface area contributed by atoms with Crippen molar-refractivity contribution in [3.8, 4) is 28.8 Å². The van der Waals surface area contributed by atoms with E-state index in [4.69, 9.17) is 21.1 Å². The van der Waals surface area contributed by atoms with Crippen molar-refractivity contribution >= 4 is 23.2 Å². The van der Waals surface area contributed by atoms with E-state index >= 15 is 0 Å². The Bertz CT molecular complexity index is 1400. The van der Waals surface area contributed by atoms with Crippen LogP contribution in [0, 0.1) is 17.1 Å². The number of imidazole rings is 1. The predicted octanol–water partition coefficient (Wildman–Crippen LogP) is 4.01. The van der Waals surface area contributed by atoms with Crippen LogP contribution in [0.4, 0.5) is 10.3 Å². The van der Waals surface area contributed by atoms with Crippen molar-refractivity contribution in [1.29, 1.82) is 5.26 Å². The van der Waals surface area contributed by atoms with E-state index in [1.807, 2.05) is 6.07 Å². The average molecular weight is 451 g/mol. The Balaban J connectivity index is 1.55. The fourth-order valence-corrected chi connectivity index (χ4v) is 3.99. The third-order valence-corrected chi connectivity index (χ3v) is 5.61. The highest BCUT2D eigenvalue weighted by Crippen LogP contribution is 2.33. The highest BCUT2D eigenvalue weighted by atomic mass is 35.5. The van der Waals surface area contributed by atoms with Gasteiger partial charge in [0.15, 0.2) is 11.3 Å². The lowest BCUT2D eigenvalue weighted by atomic mass is 10.0. The van der Waals surface area contributed by atoms with Gasteiger partial charge >= 0.3 is 0 Å². The topological polar surface area (TPSA) is 97.4 Å². The van der Waals surface area contributed by atoms with Gasteiger partial charge in [-0.3, -0.25) is 4.40 Å². The normalized spacial score (nSPS) is 12.3. The Morgan fingerprint density at radius 3 is 2.94 bits per heavy atom. The lowest BCUT2D eigenvalue weighted by Crippen LogP contribution is -2.09. The molecule has 1 N–H and O–H groups in total. The van der Waals surface area contributed by atoms with E-state index in [9.17, 15) is 9.65 Å². The zero-order valence-corrected chi connectivity index (χ0v) is 17.6. The molecule has 0 radical (unpaired) electrons. The zero-order valence-electron chi connectivity index (χ0n) is 16.9. The Morgan fingerprint density at radius 1 is 1.31 bits per heavy atom. The van der Waals surface area contributed by atoms with Gasteiger partial charge in [-0.05, 0) is 12.1 Å². The summed E-state index contributed by atoms with van der Waals surface area (Å²) in [4.78, 5) is 13.1. The van der Waals surface area contributed by atoms with Gasteiger partial charge in [-0.15, -0.1) is 0 Å². The van der Waals surface area contributed by atoms with Crippen LogP contribution in [-0.4, -0.2) is 33.1 Å². The second kappa shape index (κ2) is 7.98. The molecule has 3 aromatic heterocycles. The summed E-state index contributed by atoms with van der Waals surface area (Å²) in [7, 11) is 1.50. The molecular weight excluding hydrogens is 435 g/mol. The molecule has 1 aromatic carbocycles. The Morgan fingerprint density at radius 2 is 2.16 bits per heavy atom. The summed E-state index contributed by atoms with van der Waals surface area (Å²) in [5, 5.41) is 12.9. The van der Waals surface area contributed by atoms with Crippen LogP contribution in [0.2, 0.25) is 5.02 Å². The summed E-state index contributed by atoms with van der Waals surface area (Å²) in [6.07, 6.45) is 5.37. The average Bonchev–Trinajstić information content (AvgIpc) is 3.46. The van der Waals surface area contributed by atoms with Crippen LogP contribution in [0.5, 0.6) is 11.6 Å². The number of rotatable bonds is 5. The molecule has 1 aliphatic heterocycles. The molecule has 4 heterocycles. The molecule has 0 amide bonds. The molecule has 0 fully saturated rings. The van der Waals surface area contributed by atoms with E-state index in [0.29, 0.717) is 58.0 Å². The maximum atomic E-state index is 14.5. The third kappa shape index (κ3) is 3.35. The lowest BCUT2D eigenvalue weighted by Gasteiger charge is -2.13. The number of benzene rings is 1. The summed E-state index contributed by atoms with van der Waals surface area (Å²) < 4.78 is 26.8. The van der Waals surface area contributed by atoms with Gasteiger partial charge in [0.05, 0.1) is 24.9 Å². The van der Waals surface area contributed by atoms with Gasteiger partial charge in [-0.25, -0.2) is 19.3 Å². The number of nitrogens with one attached hydrogen (secondary N) is 1. The van der Waals surface area contributed by atoms with Crippen molar-refractivity contribution in [2.45, 2.75) is 13.0 Å². The van der Waals surface area contributed by atoms with Crippen LogP contribution in [0.1, 0.15) is 16.8 Å². The van der Waals surface area contributed by atoms with Gasteiger partial charge in [0.1, 0.15) is 17.6 Å². The number of halogens is 2. The number of aromatic nitrogens is 4. The molecule has 0 aliphatic carbocycles. The van der Waals surface area contributed by atoms with E-state index in [1.54, 1.807) is 35.1 Å². The maximum absolute atomic E-state index is 14.5. The number of hydrogen-bond acceptors (Lipinski definition) is 7. The van der Waals surface area contributed by atoms with Crippen LogP contribution in [0.25, 0.3) is 16.8 Å². The number of nitriles is 1. The summed E-state index contributed by atoms with van der Waals surface area (Å²) >= 11 is 6.42. The molecule has 10 heteroatoms. The lowest BCUT2D eigenvalue weighted by molar-refractivity contribution is 0.356. The van der Waals surface area contributed by atoms with Gasteiger partial charge in [0, 0.05) is 53.7 Å². The number of pyridine rings is 1. The summed E-state index contributed by atoms with van der Waals surface area (Å²) in [5.41, 5.74) is 3.25. The molecule has 0 bridgehead atoms. The molecule has 0 atom stereocenters. The Hall–Kier alpha value is -3.90. The van der Waals surface area contributed by atoms with E-state index in [2.05, 4.69) is 20.3 Å². The number of methoxy groups -OCH3 is 1. The molecule has 5 rings (SSSR count). The fourth-order valence-electron chi connectivity index (χ4n) is 3.75. The molecule has 0 saturated carbocycles. The smallest absolute Gasteiger partial charge is 0.214 e. The maximum Gasteiger partial charge on any atom is 0.214 e. The summed E-state index contributed by atoms with van der Waals surface area (Å²) in [6, 6.07) is 6.68.